The van der Waals surface area contributed by atoms with Gasteiger partial charge in [-0.3, -0.25) is 9.59 Å². The quantitative estimate of drug-likeness (QED) is 0.0195. The molecule has 0 rings (SSSR count). The summed E-state index contributed by atoms with van der Waals surface area (Å²) in [5.74, 6) is -2.27. The Labute approximate surface area is 512 Å². The number of esters is 2. The van der Waals surface area contributed by atoms with Crippen LogP contribution in [0, 0.1) is 0 Å². The van der Waals surface area contributed by atoms with Gasteiger partial charge in [0, 0.05) is 12.8 Å². The second-order valence-corrected chi connectivity index (χ2v) is 24.4. The summed E-state index contributed by atoms with van der Waals surface area (Å²) in [5, 5.41) is 11.8. The molecule has 2 unspecified atom stereocenters. The van der Waals surface area contributed by atoms with E-state index in [0.29, 0.717) is 23.9 Å². The molecule has 83 heavy (non-hydrogen) atoms. The first-order valence-corrected chi connectivity index (χ1v) is 34.7. The lowest BCUT2D eigenvalue weighted by Gasteiger charge is -2.26. The number of nitrogens with zero attached hydrogens (tertiary/aromatic N) is 1. The minimum atomic E-state index is -1.62. The Kier molecular flexibility index (Phi) is 61.7. The van der Waals surface area contributed by atoms with Gasteiger partial charge < -0.3 is 33.3 Å². The topological polar surface area (TPSA) is 111 Å². The largest absolute Gasteiger partial charge is 0.545 e. The zero-order valence-electron chi connectivity index (χ0n) is 54.8. The Morgan fingerprint density at radius 2 is 0.687 bits per heavy atom. The molecule has 2 atom stereocenters. The minimum absolute atomic E-state index is 0.146. The molecule has 0 spiro atoms. The number of carboxylic acid groups (broad SMARTS) is 1. The van der Waals surface area contributed by atoms with Crippen LogP contribution in [0.3, 0.4) is 0 Å². The number of unbranched alkanes of at least 4 members (excludes halogenated alkanes) is 35. The van der Waals surface area contributed by atoms with Gasteiger partial charge in [0.1, 0.15) is 13.2 Å². The van der Waals surface area contributed by atoms with Crippen molar-refractivity contribution in [3.63, 3.8) is 0 Å². The summed E-state index contributed by atoms with van der Waals surface area (Å²) in [6, 6.07) is 0. The number of allylic oxidation sites excluding steroid dienone is 14. The van der Waals surface area contributed by atoms with Gasteiger partial charge in [0.25, 0.3) is 0 Å². The van der Waals surface area contributed by atoms with Crippen LogP contribution in [0.15, 0.2) is 85.1 Å². The Balaban J connectivity index is 4.13. The molecule has 480 valence electrons. The molecular formula is C74H131NO8. The maximum absolute atomic E-state index is 12.9. The minimum Gasteiger partial charge on any atom is -0.545 e. The van der Waals surface area contributed by atoms with Crippen molar-refractivity contribution in [2.75, 3.05) is 47.5 Å². The lowest BCUT2D eigenvalue weighted by molar-refractivity contribution is -0.870. The molecule has 9 heteroatoms. The van der Waals surface area contributed by atoms with Gasteiger partial charge in [0.2, 0.25) is 0 Å². The highest BCUT2D eigenvalue weighted by atomic mass is 16.7. The van der Waals surface area contributed by atoms with Gasteiger partial charge in [-0.25, -0.2) is 0 Å². The Morgan fingerprint density at radius 3 is 1.02 bits per heavy atom. The summed E-state index contributed by atoms with van der Waals surface area (Å²) in [4.78, 5) is 37.5. The smallest absolute Gasteiger partial charge is 0.306 e. The highest BCUT2D eigenvalue weighted by molar-refractivity contribution is 5.70. The van der Waals surface area contributed by atoms with E-state index in [1.807, 2.05) is 21.1 Å². The number of ether oxygens (including phenoxy) is 4. The Bertz CT molecular complexity index is 1640. The van der Waals surface area contributed by atoms with E-state index in [1.54, 1.807) is 0 Å². The van der Waals surface area contributed by atoms with Gasteiger partial charge in [-0.1, -0.05) is 311 Å². The lowest BCUT2D eigenvalue weighted by Crippen LogP contribution is -2.44. The fourth-order valence-corrected chi connectivity index (χ4v) is 9.87. The van der Waals surface area contributed by atoms with E-state index in [9.17, 15) is 19.5 Å². The van der Waals surface area contributed by atoms with Crippen molar-refractivity contribution < 1.29 is 42.9 Å². The van der Waals surface area contributed by atoms with E-state index < -0.39 is 24.3 Å². The summed E-state index contributed by atoms with van der Waals surface area (Å²) in [5.41, 5.74) is 0. The Hall–Kier alpha value is -3.53. The highest BCUT2D eigenvalue weighted by Gasteiger charge is 2.22. The summed E-state index contributed by atoms with van der Waals surface area (Å²) >= 11 is 0. The molecule has 0 saturated heterocycles. The number of hydrogen-bond acceptors (Lipinski definition) is 8. The van der Waals surface area contributed by atoms with Gasteiger partial charge >= 0.3 is 11.9 Å². The first-order chi connectivity index (χ1) is 40.6. The summed E-state index contributed by atoms with van der Waals surface area (Å²) < 4.78 is 22.8. The molecule has 0 aromatic rings. The van der Waals surface area contributed by atoms with Gasteiger partial charge in [-0.15, -0.1) is 0 Å². The molecule has 0 aliphatic carbocycles. The van der Waals surface area contributed by atoms with Crippen molar-refractivity contribution >= 4 is 17.9 Å². The van der Waals surface area contributed by atoms with Crippen LogP contribution in [0.25, 0.3) is 0 Å². The van der Waals surface area contributed by atoms with E-state index in [-0.39, 0.29) is 32.2 Å². The monoisotopic (exact) mass is 1160 g/mol. The standard InChI is InChI=1S/C74H131NO8/c1-6-8-10-12-14-16-18-20-22-24-26-28-30-32-33-34-35-36-37-38-39-41-43-45-47-49-51-53-55-57-59-61-63-65-72(77)83-70(69-82-74(73(78)79)80-67-66-75(3,4)5)68-81-71(76)64-62-60-58-56-54-52-50-48-46-44-42-40-31-29-27-25-23-21-19-17-15-13-11-9-7-2/h8,10,14,16,20,22,26,28,32-33,35-36,38-39,70,74H,6-7,9,11-13,15,17-19,21,23-25,27,29-31,34,37,40-69H2,1-5H3/b10-8-,16-14-,22-20-,28-26-,33-32-,36-35-,39-38-. The van der Waals surface area contributed by atoms with E-state index in [4.69, 9.17) is 18.9 Å². The third-order valence-corrected chi connectivity index (χ3v) is 15.2. The van der Waals surface area contributed by atoms with Crippen molar-refractivity contribution in [3.8, 4) is 0 Å². The van der Waals surface area contributed by atoms with Crippen molar-refractivity contribution in [2.24, 2.45) is 0 Å². The highest BCUT2D eigenvalue weighted by Crippen LogP contribution is 2.18. The second kappa shape index (κ2) is 64.5. The van der Waals surface area contributed by atoms with Crippen LogP contribution in [0.2, 0.25) is 0 Å². The maximum Gasteiger partial charge on any atom is 0.306 e. The molecule has 0 radical (unpaired) electrons. The molecule has 0 aromatic carbocycles. The molecule has 0 aliphatic heterocycles. The van der Waals surface area contributed by atoms with Crippen LogP contribution in [-0.2, 0) is 33.3 Å². The zero-order valence-corrected chi connectivity index (χ0v) is 54.8. The molecule has 0 amide bonds. The van der Waals surface area contributed by atoms with Crippen molar-refractivity contribution in [1.29, 1.82) is 0 Å². The Morgan fingerprint density at radius 1 is 0.373 bits per heavy atom. The van der Waals surface area contributed by atoms with E-state index in [2.05, 4.69) is 98.9 Å². The number of quaternary nitrogens is 1. The van der Waals surface area contributed by atoms with Gasteiger partial charge in [0.05, 0.1) is 40.3 Å². The molecule has 0 aromatic heterocycles. The average Bonchev–Trinajstić information content (AvgIpc) is 3.46. The summed E-state index contributed by atoms with van der Waals surface area (Å²) in [7, 11) is 5.93. The summed E-state index contributed by atoms with van der Waals surface area (Å²) in [6.07, 6.45) is 83.7. The molecule has 0 heterocycles. The van der Waals surface area contributed by atoms with Crippen LogP contribution >= 0.6 is 0 Å². The molecule has 9 nitrogen and oxygen atoms in total. The average molecular weight is 1160 g/mol. The lowest BCUT2D eigenvalue weighted by atomic mass is 10.0. The molecule has 0 fully saturated rings. The second-order valence-electron chi connectivity index (χ2n) is 24.4. The first kappa shape index (κ1) is 79.5. The number of carboxylic acids is 1. The molecule has 0 bridgehead atoms. The molecule has 0 N–H and O–H groups in total. The predicted octanol–water partition coefficient (Wildman–Crippen LogP) is 20.1. The number of likely N-dealkylation sites (N-methyl/N-ethyl adjacent to an activating group) is 1. The third kappa shape index (κ3) is 65.9. The fraction of sp³-hybridized carbons (Fsp3) is 0.770. The van der Waals surface area contributed by atoms with Crippen molar-refractivity contribution in [2.45, 2.75) is 322 Å². The summed E-state index contributed by atoms with van der Waals surface area (Å²) in [6.45, 7) is 4.67. The predicted molar refractivity (Wildman–Crippen MR) is 352 cm³/mol. The number of aliphatic carboxylic acids is 1. The normalized spacial score (nSPS) is 13.2. The first-order valence-electron chi connectivity index (χ1n) is 34.7. The van der Waals surface area contributed by atoms with Crippen LogP contribution in [0.5, 0.6) is 0 Å². The van der Waals surface area contributed by atoms with Gasteiger partial charge in [-0.05, 0) is 70.6 Å². The SMILES string of the molecule is CC/C=C\C/C=C\C/C=C\C/C=C\C/C=C\C/C=C\C/C=C\CCCCCCCCCCCCCC(=O)OC(COC(=O)CCCCCCCCCCCCCCCCCCCCCCCCCCC)COC(OCC[N+](C)(C)C)C(=O)[O-]. The zero-order chi connectivity index (χ0) is 60.5. The number of carbonyl (C=O) groups is 3. The van der Waals surface area contributed by atoms with Crippen molar-refractivity contribution in [3.05, 3.63) is 85.1 Å². The van der Waals surface area contributed by atoms with Crippen LogP contribution in [0.4, 0.5) is 0 Å². The van der Waals surface area contributed by atoms with E-state index >= 15 is 0 Å². The molecule has 0 aliphatic rings. The van der Waals surface area contributed by atoms with E-state index in [0.717, 1.165) is 89.9 Å². The van der Waals surface area contributed by atoms with Crippen molar-refractivity contribution in [1.82, 2.24) is 0 Å². The van der Waals surface area contributed by atoms with Gasteiger partial charge in [0.15, 0.2) is 12.4 Å². The molecular weight excluding hydrogens is 1030 g/mol. The fourth-order valence-electron chi connectivity index (χ4n) is 9.87. The number of rotatable bonds is 64. The van der Waals surface area contributed by atoms with Crippen LogP contribution in [-0.4, -0.2) is 82.3 Å². The maximum atomic E-state index is 12.9. The third-order valence-electron chi connectivity index (χ3n) is 15.2. The number of carbonyl (C=O) groups excluding carboxylic acids is 3. The number of hydrogen-bond donors (Lipinski definition) is 0. The van der Waals surface area contributed by atoms with Gasteiger partial charge in [-0.2, -0.15) is 0 Å². The van der Waals surface area contributed by atoms with Crippen LogP contribution < -0.4 is 5.11 Å². The van der Waals surface area contributed by atoms with E-state index in [1.165, 1.54) is 186 Å². The molecule has 0 saturated carbocycles. The van der Waals surface area contributed by atoms with Crippen LogP contribution in [0.1, 0.15) is 309 Å².